The molecule has 1 aromatic rings. The highest BCUT2D eigenvalue weighted by atomic mass is 32.2. The van der Waals surface area contributed by atoms with Crippen LogP contribution in [0.2, 0.25) is 0 Å². The lowest BCUT2D eigenvalue weighted by atomic mass is 10.1. The third-order valence-electron chi connectivity index (χ3n) is 2.99. The minimum Gasteiger partial charge on any atom is -0.437 e. The second-order valence-corrected chi connectivity index (χ2v) is 5.36. The first-order chi connectivity index (χ1) is 8.25. The van der Waals surface area contributed by atoms with E-state index in [1.807, 2.05) is 13.8 Å². The van der Waals surface area contributed by atoms with Crippen molar-refractivity contribution in [1.82, 2.24) is 10.3 Å². The van der Waals surface area contributed by atoms with Crippen molar-refractivity contribution in [3.05, 3.63) is 11.5 Å². The Morgan fingerprint density at radius 3 is 2.76 bits per heavy atom. The Morgan fingerprint density at radius 2 is 2.12 bits per heavy atom. The van der Waals surface area contributed by atoms with Crippen molar-refractivity contribution in [2.75, 3.05) is 25.5 Å². The fourth-order valence-corrected chi connectivity index (χ4v) is 2.59. The number of nitrogens with zero attached hydrogens (tertiary/aromatic N) is 1. The lowest BCUT2D eigenvalue weighted by molar-refractivity contribution is 0.0786. The second kappa shape index (κ2) is 6.42. The number of hydrogen-bond donors (Lipinski definition) is 1. The zero-order valence-electron chi connectivity index (χ0n) is 10.5. The Balaban J connectivity index is 1.62. The van der Waals surface area contributed by atoms with Crippen molar-refractivity contribution in [2.24, 2.45) is 0 Å². The molecule has 5 heteroatoms. The van der Waals surface area contributed by atoms with Gasteiger partial charge >= 0.3 is 0 Å². The molecule has 0 spiro atoms. The molecule has 0 bridgehead atoms. The topological polar surface area (TPSA) is 47.3 Å². The summed E-state index contributed by atoms with van der Waals surface area (Å²) in [6.07, 6.45) is 2.25. The van der Waals surface area contributed by atoms with Crippen LogP contribution in [0.25, 0.3) is 0 Å². The van der Waals surface area contributed by atoms with Crippen LogP contribution in [0.5, 0.6) is 0 Å². The van der Waals surface area contributed by atoms with Crippen molar-refractivity contribution >= 4 is 11.8 Å². The lowest BCUT2D eigenvalue weighted by Crippen LogP contribution is -2.35. The maximum Gasteiger partial charge on any atom is 0.256 e. The summed E-state index contributed by atoms with van der Waals surface area (Å²) in [4.78, 5) is 4.34. The first-order valence-corrected chi connectivity index (χ1v) is 7.12. The first kappa shape index (κ1) is 12.9. The van der Waals surface area contributed by atoms with Crippen LogP contribution in [-0.4, -0.2) is 36.5 Å². The van der Waals surface area contributed by atoms with Gasteiger partial charge in [0.2, 0.25) is 0 Å². The normalized spacial score (nSPS) is 17.5. The smallest absolute Gasteiger partial charge is 0.256 e. The van der Waals surface area contributed by atoms with Crippen molar-refractivity contribution < 1.29 is 9.15 Å². The number of ether oxygens (including phenoxy) is 1. The molecule has 1 aliphatic heterocycles. The van der Waals surface area contributed by atoms with E-state index in [4.69, 9.17) is 9.15 Å². The summed E-state index contributed by atoms with van der Waals surface area (Å²) < 4.78 is 10.8. The lowest BCUT2D eigenvalue weighted by Gasteiger charge is -2.22. The molecule has 0 unspecified atom stereocenters. The van der Waals surface area contributed by atoms with Gasteiger partial charge in [0.1, 0.15) is 5.76 Å². The van der Waals surface area contributed by atoms with Gasteiger partial charge in [-0.3, -0.25) is 0 Å². The molecule has 17 heavy (non-hydrogen) atoms. The molecule has 96 valence electrons. The highest BCUT2D eigenvalue weighted by molar-refractivity contribution is 7.99. The van der Waals surface area contributed by atoms with Gasteiger partial charge in [-0.25, -0.2) is 4.98 Å². The number of nitrogens with one attached hydrogen (secondary N) is 1. The molecule has 2 heterocycles. The van der Waals surface area contributed by atoms with Crippen LogP contribution in [0, 0.1) is 13.8 Å². The number of rotatable bonds is 5. The van der Waals surface area contributed by atoms with E-state index in [2.05, 4.69) is 10.3 Å². The molecule has 0 atom stereocenters. The summed E-state index contributed by atoms with van der Waals surface area (Å²) in [6.45, 7) is 6.71. The maximum atomic E-state index is 5.51. The van der Waals surface area contributed by atoms with E-state index in [0.29, 0.717) is 6.04 Å². The third-order valence-corrected chi connectivity index (χ3v) is 3.82. The van der Waals surface area contributed by atoms with Crippen LogP contribution >= 0.6 is 11.8 Å². The van der Waals surface area contributed by atoms with Crippen molar-refractivity contribution in [3.63, 3.8) is 0 Å². The zero-order valence-corrected chi connectivity index (χ0v) is 11.3. The molecule has 0 amide bonds. The Morgan fingerprint density at radius 1 is 1.35 bits per heavy atom. The predicted octanol–water partition coefficient (Wildman–Crippen LogP) is 2.15. The van der Waals surface area contributed by atoms with E-state index in [0.717, 1.165) is 55.0 Å². The first-order valence-electron chi connectivity index (χ1n) is 6.13. The van der Waals surface area contributed by atoms with Crippen LogP contribution in [0.4, 0.5) is 0 Å². The number of thioether (sulfide) groups is 1. The monoisotopic (exact) mass is 256 g/mol. The third kappa shape index (κ3) is 4.01. The Hall–Kier alpha value is -0.520. The van der Waals surface area contributed by atoms with Crippen molar-refractivity contribution in [1.29, 1.82) is 0 Å². The molecular formula is C12H20N2O2S. The van der Waals surface area contributed by atoms with Crippen molar-refractivity contribution in [2.45, 2.75) is 38.0 Å². The number of aryl methyl sites for hydroxylation is 2. The fourth-order valence-electron chi connectivity index (χ4n) is 1.81. The number of oxazole rings is 1. The molecular weight excluding hydrogens is 236 g/mol. The average Bonchev–Trinajstić information content (AvgIpc) is 2.66. The Bertz CT molecular complexity index is 329. The van der Waals surface area contributed by atoms with Gasteiger partial charge in [-0.15, -0.1) is 0 Å². The van der Waals surface area contributed by atoms with Crippen molar-refractivity contribution in [3.8, 4) is 0 Å². The molecule has 4 nitrogen and oxygen atoms in total. The van der Waals surface area contributed by atoms with E-state index in [-0.39, 0.29) is 0 Å². The minimum atomic E-state index is 0.623. The summed E-state index contributed by atoms with van der Waals surface area (Å²) in [5, 5.41) is 4.33. The Labute approximate surface area is 107 Å². The van der Waals surface area contributed by atoms with Gasteiger partial charge in [0.05, 0.1) is 5.69 Å². The molecule has 0 saturated carbocycles. The van der Waals surface area contributed by atoms with Crippen LogP contribution < -0.4 is 5.32 Å². The molecule has 1 aromatic heterocycles. The van der Waals surface area contributed by atoms with Gasteiger partial charge in [0.25, 0.3) is 5.22 Å². The van der Waals surface area contributed by atoms with Gasteiger partial charge < -0.3 is 14.5 Å². The van der Waals surface area contributed by atoms with Gasteiger partial charge in [-0.2, -0.15) is 0 Å². The van der Waals surface area contributed by atoms with Crippen LogP contribution in [0.3, 0.4) is 0 Å². The van der Waals surface area contributed by atoms with Crippen LogP contribution in [0.15, 0.2) is 9.64 Å². The molecule has 2 rings (SSSR count). The summed E-state index contributed by atoms with van der Waals surface area (Å²) >= 11 is 1.67. The quantitative estimate of drug-likeness (QED) is 0.646. The molecule has 1 aliphatic rings. The minimum absolute atomic E-state index is 0.623. The van der Waals surface area contributed by atoms with E-state index < -0.39 is 0 Å². The van der Waals surface area contributed by atoms with E-state index in [1.165, 1.54) is 0 Å². The van der Waals surface area contributed by atoms with Gasteiger partial charge in [-0.1, -0.05) is 11.8 Å². The molecule has 1 fully saturated rings. The zero-order chi connectivity index (χ0) is 12.1. The predicted molar refractivity (Wildman–Crippen MR) is 68.5 cm³/mol. The van der Waals surface area contributed by atoms with Crippen LogP contribution in [-0.2, 0) is 4.74 Å². The average molecular weight is 256 g/mol. The summed E-state index contributed by atoms with van der Waals surface area (Å²) in [6, 6.07) is 0.623. The van der Waals surface area contributed by atoms with E-state index >= 15 is 0 Å². The summed E-state index contributed by atoms with van der Waals surface area (Å²) in [7, 11) is 0. The highest BCUT2D eigenvalue weighted by Crippen LogP contribution is 2.19. The highest BCUT2D eigenvalue weighted by Gasteiger charge is 2.12. The molecule has 0 aromatic carbocycles. The van der Waals surface area contributed by atoms with Gasteiger partial charge in [0.15, 0.2) is 0 Å². The molecule has 1 N–H and O–H groups in total. The van der Waals surface area contributed by atoms with Crippen LogP contribution in [0.1, 0.15) is 24.3 Å². The Kier molecular flexibility index (Phi) is 4.88. The largest absolute Gasteiger partial charge is 0.437 e. The van der Waals surface area contributed by atoms with Gasteiger partial charge in [0, 0.05) is 31.6 Å². The molecule has 0 aliphatic carbocycles. The van der Waals surface area contributed by atoms with E-state index in [9.17, 15) is 0 Å². The molecule has 1 saturated heterocycles. The second-order valence-electron chi connectivity index (χ2n) is 4.31. The summed E-state index contributed by atoms with van der Waals surface area (Å²) in [5.74, 6) is 1.92. The maximum absolute atomic E-state index is 5.51. The standard InChI is InChI=1S/C12H20N2O2S/c1-9-10(2)16-12(14-9)17-8-5-13-11-3-6-15-7-4-11/h11,13H,3-8H2,1-2H3. The molecule has 0 radical (unpaired) electrons. The summed E-state index contributed by atoms with van der Waals surface area (Å²) in [5.41, 5.74) is 0.991. The number of hydrogen-bond acceptors (Lipinski definition) is 5. The number of aromatic nitrogens is 1. The SMILES string of the molecule is Cc1nc(SCCNC2CCOCC2)oc1C. The van der Waals surface area contributed by atoms with E-state index in [1.54, 1.807) is 11.8 Å². The fraction of sp³-hybridized carbons (Fsp3) is 0.750. The van der Waals surface area contributed by atoms with Gasteiger partial charge in [-0.05, 0) is 26.7 Å².